The Kier molecular flexibility index (Phi) is 4.79. The number of hydrogen-bond acceptors (Lipinski definition) is 3. The van der Waals surface area contributed by atoms with Crippen LogP contribution in [0.3, 0.4) is 0 Å². The quantitative estimate of drug-likeness (QED) is 0.762. The molecule has 4 nitrogen and oxygen atoms in total. The van der Waals surface area contributed by atoms with E-state index in [4.69, 9.17) is 16.2 Å². The number of amides is 1. The van der Waals surface area contributed by atoms with Gasteiger partial charge < -0.3 is 16.2 Å². The predicted molar refractivity (Wildman–Crippen MR) is 63.0 cm³/mol. The number of ether oxygens (including phenoxy) is 1. The van der Waals surface area contributed by atoms with Crippen LogP contribution in [0.4, 0.5) is 0 Å². The van der Waals surface area contributed by atoms with E-state index in [1.165, 1.54) is 0 Å². The minimum Gasteiger partial charge on any atom is -0.493 e. The molecule has 16 heavy (non-hydrogen) atoms. The summed E-state index contributed by atoms with van der Waals surface area (Å²) in [5, 5.41) is 0. The minimum atomic E-state index is -0.364. The van der Waals surface area contributed by atoms with Gasteiger partial charge in [0.15, 0.2) is 0 Å². The third-order valence-corrected chi connectivity index (χ3v) is 2.36. The molecule has 0 heterocycles. The molecule has 0 spiro atoms. The van der Waals surface area contributed by atoms with Crippen molar-refractivity contribution < 1.29 is 9.53 Å². The molecule has 4 heteroatoms. The van der Waals surface area contributed by atoms with Gasteiger partial charge in [0.2, 0.25) is 5.91 Å². The van der Waals surface area contributed by atoms with Crippen LogP contribution in [0, 0.1) is 0 Å². The van der Waals surface area contributed by atoms with E-state index in [2.05, 4.69) is 0 Å². The number of primary amides is 1. The third kappa shape index (κ3) is 3.55. The number of nitrogens with two attached hydrogens (primary N) is 2. The first-order valence-corrected chi connectivity index (χ1v) is 5.40. The maximum Gasteiger partial charge on any atom is 0.220 e. The summed E-state index contributed by atoms with van der Waals surface area (Å²) in [6.07, 6.45) is 1.06. The van der Waals surface area contributed by atoms with Crippen molar-refractivity contribution in [3.05, 3.63) is 29.8 Å². The van der Waals surface area contributed by atoms with Crippen molar-refractivity contribution in [2.24, 2.45) is 11.5 Å². The Morgan fingerprint density at radius 3 is 2.75 bits per heavy atom. The van der Waals surface area contributed by atoms with Crippen LogP contribution in [-0.2, 0) is 4.79 Å². The highest BCUT2D eigenvalue weighted by Gasteiger charge is 2.09. The lowest BCUT2D eigenvalue weighted by molar-refractivity contribution is -0.118. The lowest BCUT2D eigenvalue weighted by atomic mass is 10.0. The smallest absolute Gasteiger partial charge is 0.220 e. The van der Waals surface area contributed by atoms with Crippen molar-refractivity contribution in [2.45, 2.75) is 25.8 Å². The number of rotatable bonds is 6. The van der Waals surface area contributed by atoms with E-state index < -0.39 is 0 Å². The fourth-order valence-corrected chi connectivity index (χ4v) is 1.40. The highest BCUT2D eigenvalue weighted by Crippen LogP contribution is 2.25. The highest BCUT2D eigenvalue weighted by molar-refractivity contribution is 5.73. The molecule has 0 aliphatic rings. The second kappa shape index (κ2) is 6.12. The Labute approximate surface area is 95.6 Å². The molecule has 1 aromatic rings. The molecule has 1 atom stereocenters. The number of benzene rings is 1. The zero-order valence-electron chi connectivity index (χ0n) is 9.48. The van der Waals surface area contributed by atoms with E-state index in [0.29, 0.717) is 6.61 Å². The molecule has 1 amide bonds. The van der Waals surface area contributed by atoms with Crippen LogP contribution in [0.5, 0.6) is 5.75 Å². The van der Waals surface area contributed by atoms with Crippen molar-refractivity contribution in [1.29, 1.82) is 0 Å². The predicted octanol–water partition coefficient (Wildman–Crippen LogP) is 1.35. The van der Waals surface area contributed by atoms with Crippen molar-refractivity contribution in [3.63, 3.8) is 0 Å². The molecule has 0 aromatic heterocycles. The van der Waals surface area contributed by atoms with Gasteiger partial charge in [-0.25, -0.2) is 0 Å². The minimum absolute atomic E-state index is 0.0372. The SMILES string of the molecule is CCC(N)c1ccccc1OCCC(N)=O. The van der Waals surface area contributed by atoms with E-state index in [1.807, 2.05) is 31.2 Å². The van der Waals surface area contributed by atoms with Crippen molar-refractivity contribution >= 4 is 5.91 Å². The van der Waals surface area contributed by atoms with Crippen LogP contribution < -0.4 is 16.2 Å². The molecule has 1 rings (SSSR count). The Balaban J connectivity index is 2.67. The second-order valence-electron chi connectivity index (χ2n) is 3.62. The molecule has 1 unspecified atom stereocenters. The van der Waals surface area contributed by atoms with Gasteiger partial charge in [0.1, 0.15) is 5.75 Å². The molecule has 0 fully saturated rings. The zero-order valence-corrected chi connectivity index (χ0v) is 9.48. The summed E-state index contributed by atoms with van der Waals surface area (Å²) in [5.41, 5.74) is 12.0. The molecular weight excluding hydrogens is 204 g/mol. The topological polar surface area (TPSA) is 78.3 Å². The summed E-state index contributed by atoms with van der Waals surface area (Å²) in [7, 11) is 0. The second-order valence-corrected chi connectivity index (χ2v) is 3.62. The first-order valence-electron chi connectivity index (χ1n) is 5.40. The van der Waals surface area contributed by atoms with E-state index >= 15 is 0 Å². The lowest BCUT2D eigenvalue weighted by Crippen LogP contribution is -2.16. The van der Waals surface area contributed by atoms with E-state index in [1.54, 1.807) is 0 Å². The third-order valence-electron chi connectivity index (χ3n) is 2.36. The van der Waals surface area contributed by atoms with Crippen LogP contribution in [0.15, 0.2) is 24.3 Å². The van der Waals surface area contributed by atoms with E-state index in [0.717, 1.165) is 17.7 Å². The van der Waals surface area contributed by atoms with Gasteiger partial charge in [0.05, 0.1) is 13.0 Å². The summed E-state index contributed by atoms with van der Waals surface area (Å²) in [5.74, 6) is 0.371. The number of carbonyl (C=O) groups is 1. The Bertz CT molecular complexity index is 353. The summed E-state index contributed by atoms with van der Waals surface area (Å²) in [6.45, 7) is 2.31. The zero-order chi connectivity index (χ0) is 12.0. The Morgan fingerprint density at radius 1 is 1.44 bits per heavy atom. The number of para-hydroxylation sites is 1. The van der Waals surface area contributed by atoms with Gasteiger partial charge in [-0.1, -0.05) is 25.1 Å². The van der Waals surface area contributed by atoms with Crippen LogP contribution in [0.2, 0.25) is 0 Å². The van der Waals surface area contributed by atoms with Gasteiger partial charge >= 0.3 is 0 Å². The Morgan fingerprint density at radius 2 is 2.12 bits per heavy atom. The standard InChI is InChI=1S/C12H18N2O2/c1-2-10(13)9-5-3-4-6-11(9)16-8-7-12(14)15/h3-6,10H,2,7-8,13H2,1H3,(H2,14,15). The molecule has 0 bridgehead atoms. The summed E-state index contributed by atoms with van der Waals surface area (Å²) >= 11 is 0. The summed E-state index contributed by atoms with van der Waals surface area (Å²) in [4.78, 5) is 10.6. The highest BCUT2D eigenvalue weighted by atomic mass is 16.5. The first kappa shape index (κ1) is 12.5. The van der Waals surface area contributed by atoms with Crippen LogP contribution in [-0.4, -0.2) is 12.5 Å². The molecule has 0 saturated carbocycles. The van der Waals surface area contributed by atoms with Gasteiger partial charge in [-0.05, 0) is 12.5 Å². The average Bonchev–Trinajstić information content (AvgIpc) is 2.28. The van der Waals surface area contributed by atoms with Crippen LogP contribution in [0.25, 0.3) is 0 Å². The molecule has 0 radical (unpaired) electrons. The van der Waals surface area contributed by atoms with E-state index in [9.17, 15) is 4.79 Å². The molecule has 0 aliphatic carbocycles. The lowest BCUT2D eigenvalue weighted by Gasteiger charge is -2.15. The van der Waals surface area contributed by atoms with E-state index in [-0.39, 0.29) is 18.4 Å². The molecule has 0 aliphatic heterocycles. The summed E-state index contributed by atoms with van der Waals surface area (Å²) < 4.78 is 5.49. The van der Waals surface area contributed by atoms with Crippen molar-refractivity contribution in [2.75, 3.05) is 6.61 Å². The maximum atomic E-state index is 10.6. The largest absolute Gasteiger partial charge is 0.493 e. The molecule has 1 aromatic carbocycles. The molecule has 0 saturated heterocycles. The number of hydrogen-bond donors (Lipinski definition) is 2. The molecule has 4 N–H and O–H groups in total. The summed E-state index contributed by atoms with van der Waals surface area (Å²) in [6, 6.07) is 7.56. The fourth-order valence-electron chi connectivity index (χ4n) is 1.40. The van der Waals surface area contributed by atoms with Crippen LogP contribution in [0.1, 0.15) is 31.4 Å². The van der Waals surface area contributed by atoms with Crippen molar-refractivity contribution in [1.82, 2.24) is 0 Å². The number of carbonyl (C=O) groups excluding carboxylic acids is 1. The first-order chi connectivity index (χ1) is 7.65. The monoisotopic (exact) mass is 222 g/mol. The van der Waals surface area contributed by atoms with Crippen molar-refractivity contribution in [3.8, 4) is 5.75 Å². The van der Waals surface area contributed by atoms with Gasteiger partial charge in [0.25, 0.3) is 0 Å². The maximum absolute atomic E-state index is 10.6. The van der Waals surface area contributed by atoms with Gasteiger partial charge in [-0.15, -0.1) is 0 Å². The normalized spacial score (nSPS) is 12.1. The van der Waals surface area contributed by atoms with Gasteiger partial charge in [0, 0.05) is 11.6 Å². The van der Waals surface area contributed by atoms with Crippen LogP contribution >= 0.6 is 0 Å². The Hall–Kier alpha value is -1.55. The molecule has 88 valence electrons. The fraction of sp³-hybridized carbons (Fsp3) is 0.417. The van der Waals surface area contributed by atoms with Gasteiger partial charge in [-0.2, -0.15) is 0 Å². The molecular formula is C12H18N2O2. The van der Waals surface area contributed by atoms with Gasteiger partial charge in [-0.3, -0.25) is 4.79 Å². The average molecular weight is 222 g/mol.